The fourth-order valence-corrected chi connectivity index (χ4v) is 1.44. The van der Waals surface area contributed by atoms with E-state index in [9.17, 15) is 14.4 Å². The van der Waals surface area contributed by atoms with Gasteiger partial charge in [-0.3, -0.25) is 4.79 Å². The average molecular weight is 294 g/mol. The number of carboxylic acids is 2. The van der Waals surface area contributed by atoms with Gasteiger partial charge in [-0.2, -0.15) is 0 Å². The number of hydrogen-bond acceptors (Lipinski definition) is 5. The molecule has 0 aliphatic carbocycles. The molecule has 0 aromatic carbocycles. The minimum atomic E-state index is -1.15. The number of Topliss-reactive ketones (excluding diaryl/α,β-unsaturated/α-hetero) is 1. The van der Waals surface area contributed by atoms with E-state index >= 15 is 0 Å². The van der Waals surface area contributed by atoms with Crippen LogP contribution >= 0.6 is 0 Å². The lowest BCUT2D eigenvalue weighted by molar-refractivity contribution is 0.0674. The highest BCUT2D eigenvalue weighted by Crippen LogP contribution is 2.07. The van der Waals surface area contributed by atoms with Gasteiger partial charge in [-0.05, 0) is 6.42 Å². The van der Waals surface area contributed by atoms with Crippen molar-refractivity contribution in [1.29, 1.82) is 0 Å². The fourth-order valence-electron chi connectivity index (χ4n) is 1.44. The molecule has 0 saturated carbocycles. The van der Waals surface area contributed by atoms with Crippen molar-refractivity contribution in [2.24, 2.45) is 0 Å². The van der Waals surface area contributed by atoms with Crippen LogP contribution in [-0.2, 0) is 6.42 Å². The molecule has 0 atom stereocenters. The van der Waals surface area contributed by atoms with Crippen molar-refractivity contribution in [3.05, 3.63) is 35.4 Å². The Hall–Kier alpha value is -2.97. The van der Waals surface area contributed by atoms with Gasteiger partial charge in [-0.15, -0.1) is 0 Å². The molecule has 0 aliphatic rings. The topological polar surface area (TPSA) is 149 Å². The zero-order valence-electron chi connectivity index (χ0n) is 11.4. The predicted molar refractivity (Wildman–Crippen MR) is 70.5 cm³/mol. The Morgan fingerprint density at radius 1 is 1.19 bits per heavy atom. The summed E-state index contributed by atoms with van der Waals surface area (Å²) in [5.41, 5.74) is 0.796. The van der Waals surface area contributed by atoms with Crippen LogP contribution in [0.2, 0.25) is 0 Å². The van der Waals surface area contributed by atoms with Crippen LogP contribution in [0.15, 0.2) is 12.4 Å². The molecule has 0 amide bonds. The van der Waals surface area contributed by atoms with E-state index in [0.29, 0.717) is 12.1 Å². The van der Waals surface area contributed by atoms with E-state index < -0.39 is 11.9 Å². The quantitative estimate of drug-likeness (QED) is 0.614. The van der Waals surface area contributed by atoms with E-state index in [2.05, 4.69) is 19.9 Å². The number of hydrogen-bond donors (Lipinski definition) is 4. The van der Waals surface area contributed by atoms with Crippen LogP contribution in [0.4, 0.5) is 0 Å². The second kappa shape index (κ2) is 6.98. The standard InChI is InChI=1S/C8H10N2O3.C4H4N2O2/c1-3-5-6(4(2)11)10-7(9-5)8(12)13;7-4(8)3-5-1-2-6-3/h3H2,1-2H3,(H,9,10)(H,12,13);1-2H,(H,5,6)(H,7,8). The van der Waals surface area contributed by atoms with Crippen molar-refractivity contribution in [2.75, 3.05) is 0 Å². The number of aromatic carboxylic acids is 2. The summed E-state index contributed by atoms with van der Waals surface area (Å²) >= 11 is 0. The molecule has 9 heteroatoms. The Kier molecular flexibility index (Phi) is 5.35. The summed E-state index contributed by atoms with van der Waals surface area (Å²) in [5.74, 6) is -2.61. The van der Waals surface area contributed by atoms with E-state index in [1.807, 2.05) is 6.92 Å². The van der Waals surface area contributed by atoms with Crippen molar-refractivity contribution in [3.63, 3.8) is 0 Å². The van der Waals surface area contributed by atoms with Crippen molar-refractivity contribution < 1.29 is 24.6 Å². The van der Waals surface area contributed by atoms with Gasteiger partial charge >= 0.3 is 11.9 Å². The van der Waals surface area contributed by atoms with Gasteiger partial charge in [0.05, 0.1) is 0 Å². The number of carbonyl (C=O) groups excluding carboxylic acids is 1. The Morgan fingerprint density at radius 3 is 2.10 bits per heavy atom. The van der Waals surface area contributed by atoms with Crippen LogP contribution in [0.5, 0.6) is 0 Å². The maximum absolute atomic E-state index is 11.0. The highest BCUT2D eigenvalue weighted by molar-refractivity contribution is 5.95. The number of ketones is 1. The number of nitrogens with zero attached hydrogens (tertiary/aromatic N) is 2. The van der Waals surface area contributed by atoms with Crippen LogP contribution in [0.3, 0.4) is 0 Å². The van der Waals surface area contributed by atoms with Gasteiger partial charge in [0.15, 0.2) is 5.78 Å². The lowest BCUT2D eigenvalue weighted by Crippen LogP contribution is -2.00. The van der Waals surface area contributed by atoms with Gasteiger partial charge in [-0.1, -0.05) is 6.92 Å². The van der Waals surface area contributed by atoms with Crippen molar-refractivity contribution >= 4 is 17.7 Å². The molecule has 2 heterocycles. The SMILES string of the molecule is CCc1[nH]c(C(=O)O)nc1C(C)=O.O=C(O)c1ncc[nH]1. The highest BCUT2D eigenvalue weighted by Gasteiger charge is 2.16. The summed E-state index contributed by atoms with van der Waals surface area (Å²) in [7, 11) is 0. The smallest absolute Gasteiger partial charge is 0.371 e. The first kappa shape index (κ1) is 16.1. The van der Waals surface area contributed by atoms with Crippen LogP contribution < -0.4 is 0 Å². The minimum absolute atomic E-state index is 0.0231. The van der Waals surface area contributed by atoms with E-state index in [-0.39, 0.29) is 23.1 Å². The van der Waals surface area contributed by atoms with Crippen LogP contribution in [0, 0.1) is 0 Å². The summed E-state index contributed by atoms with van der Waals surface area (Å²) < 4.78 is 0. The summed E-state index contributed by atoms with van der Waals surface area (Å²) in [6, 6.07) is 0. The molecule has 0 saturated heterocycles. The van der Waals surface area contributed by atoms with Crippen molar-refractivity contribution in [2.45, 2.75) is 20.3 Å². The second-order valence-electron chi connectivity index (χ2n) is 3.87. The number of rotatable bonds is 4. The number of aryl methyl sites for hydroxylation is 1. The van der Waals surface area contributed by atoms with E-state index in [4.69, 9.17) is 10.2 Å². The maximum atomic E-state index is 11.0. The Balaban J connectivity index is 0.000000235. The van der Waals surface area contributed by atoms with E-state index in [1.54, 1.807) is 0 Å². The molecule has 4 N–H and O–H groups in total. The molecule has 0 radical (unpaired) electrons. The first-order valence-corrected chi connectivity index (χ1v) is 5.92. The molecule has 2 aromatic heterocycles. The Bertz CT molecular complexity index is 645. The molecule has 2 rings (SSSR count). The maximum Gasteiger partial charge on any atom is 0.371 e. The minimum Gasteiger partial charge on any atom is -0.475 e. The third-order valence-electron chi connectivity index (χ3n) is 2.37. The number of carbonyl (C=O) groups is 3. The molecule has 0 aliphatic heterocycles. The number of imidazole rings is 2. The van der Waals surface area contributed by atoms with Gasteiger partial charge in [-0.25, -0.2) is 19.6 Å². The number of aromatic amines is 2. The first-order chi connectivity index (χ1) is 9.86. The largest absolute Gasteiger partial charge is 0.475 e. The zero-order chi connectivity index (χ0) is 16.0. The molecule has 112 valence electrons. The summed E-state index contributed by atoms with van der Waals surface area (Å²) in [6.07, 6.45) is 3.42. The van der Waals surface area contributed by atoms with E-state index in [0.717, 1.165) is 0 Å². The van der Waals surface area contributed by atoms with Crippen molar-refractivity contribution in [3.8, 4) is 0 Å². The van der Waals surface area contributed by atoms with Crippen LogP contribution in [0.1, 0.15) is 51.3 Å². The lowest BCUT2D eigenvalue weighted by Gasteiger charge is -1.91. The van der Waals surface area contributed by atoms with Gasteiger partial charge < -0.3 is 20.2 Å². The van der Waals surface area contributed by atoms with E-state index in [1.165, 1.54) is 19.3 Å². The first-order valence-electron chi connectivity index (χ1n) is 5.92. The van der Waals surface area contributed by atoms with Gasteiger partial charge in [0.25, 0.3) is 0 Å². The number of carboxylic acid groups (broad SMARTS) is 2. The molecular weight excluding hydrogens is 280 g/mol. The summed E-state index contributed by atoms with van der Waals surface area (Å²) in [4.78, 5) is 43.6. The van der Waals surface area contributed by atoms with Gasteiger partial charge in [0.2, 0.25) is 11.6 Å². The predicted octanol–water partition coefficient (Wildman–Crippen LogP) is 0.981. The molecule has 9 nitrogen and oxygen atoms in total. The van der Waals surface area contributed by atoms with Gasteiger partial charge in [0.1, 0.15) is 5.69 Å². The third-order valence-corrected chi connectivity index (χ3v) is 2.37. The molecular formula is C12H14N4O5. The number of nitrogens with one attached hydrogen (secondary N) is 2. The lowest BCUT2D eigenvalue weighted by atomic mass is 10.2. The molecule has 0 bridgehead atoms. The second-order valence-corrected chi connectivity index (χ2v) is 3.87. The molecule has 0 spiro atoms. The Morgan fingerprint density at radius 2 is 1.81 bits per heavy atom. The zero-order valence-corrected chi connectivity index (χ0v) is 11.4. The van der Waals surface area contributed by atoms with Crippen LogP contribution in [-0.4, -0.2) is 47.9 Å². The third kappa shape index (κ3) is 4.27. The molecule has 0 unspecified atom stereocenters. The monoisotopic (exact) mass is 294 g/mol. The van der Waals surface area contributed by atoms with Crippen LogP contribution in [0.25, 0.3) is 0 Å². The average Bonchev–Trinajstić information content (AvgIpc) is 3.08. The number of aromatic nitrogens is 4. The normalized spacial score (nSPS) is 9.62. The van der Waals surface area contributed by atoms with Gasteiger partial charge in [0, 0.05) is 25.0 Å². The van der Waals surface area contributed by atoms with Crippen molar-refractivity contribution in [1.82, 2.24) is 19.9 Å². The molecule has 21 heavy (non-hydrogen) atoms. The Labute approximate surface area is 119 Å². The fraction of sp³-hybridized carbons (Fsp3) is 0.250. The highest BCUT2D eigenvalue weighted by atomic mass is 16.4. The summed E-state index contributed by atoms with van der Waals surface area (Å²) in [6.45, 7) is 3.19. The molecule has 0 fully saturated rings. The number of H-pyrrole nitrogens is 2. The molecule has 2 aromatic rings. The summed E-state index contributed by atoms with van der Waals surface area (Å²) in [5, 5.41) is 16.8.